The Balaban J connectivity index is 1.55. The van der Waals surface area contributed by atoms with Crippen molar-refractivity contribution < 1.29 is 9.53 Å². The summed E-state index contributed by atoms with van der Waals surface area (Å²) in [6.45, 7) is 0.701. The predicted octanol–water partition coefficient (Wildman–Crippen LogP) is 6.54. The molecule has 0 saturated heterocycles. The number of amides is 2. The number of rotatable bonds is 4. The largest absolute Gasteiger partial charge is 0.496 e. The second-order valence-electron chi connectivity index (χ2n) is 8.30. The number of methoxy groups -OCH3 is 1. The predicted molar refractivity (Wildman–Crippen MR) is 133 cm³/mol. The average molecular weight is 465 g/mol. The Hall–Kier alpha value is -2.44. The minimum Gasteiger partial charge on any atom is -0.496 e. The van der Waals surface area contributed by atoms with Gasteiger partial charge in [-0.3, -0.25) is 0 Å². The van der Waals surface area contributed by atoms with Crippen LogP contribution in [0, 0.1) is 0 Å². The lowest BCUT2D eigenvalue weighted by atomic mass is 9.88. The number of carbonyl (C=O) groups is 1. The van der Waals surface area contributed by atoms with Crippen LogP contribution in [-0.4, -0.2) is 30.8 Å². The molecular formula is C26H28N2O2S2. The Bertz CT molecular complexity index is 1140. The third-order valence-corrected chi connectivity index (χ3v) is 8.60. The van der Waals surface area contributed by atoms with E-state index in [1.54, 1.807) is 24.4 Å². The zero-order valence-corrected chi connectivity index (χ0v) is 20.2. The van der Waals surface area contributed by atoms with E-state index in [9.17, 15) is 4.79 Å². The highest BCUT2D eigenvalue weighted by Gasteiger charge is 2.37. The van der Waals surface area contributed by atoms with Gasteiger partial charge in [0.15, 0.2) is 0 Å². The van der Waals surface area contributed by atoms with E-state index in [0.717, 1.165) is 28.3 Å². The number of thiophene rings is 1. The molecule has 2 aromatic carbocycles. The number of carbonyl (C=O) groups excluding carboxylic acids is 1. The Morgan fingerprint density at radius 1 is 1.09 bits per heavy atom. The zero-order chi connectivity index (χ0) is 22.1. The fourth-order valence-corrected chi connectivity index (χ4v) is 7.00. The van der Waals surface area contributed by atoms with Crippen LogP contribution in [0.1, 0.15) is 45.3 Å². The molecule has 2 amide bonds. The smallest absolute Gasteiger partial charge is 0.322 e. The van der Waals surface area contributed by atoms with E-state index in [4.69, 9.17) is 4.74 Å². The number of anilines is 1. The van der Waals surface area contributed by atoms with Gasteiger partial charge in [-0.05, 0) is 73.8 Å². The van der Waals surface area contributed by atoms with Crippen molar-refractivity contribution in [3.05, 3.63) is 75.0 Å². The molecule has 0 saturated carbocycles. The normalized spacial score (nSPS) is 17.4. The van der Waals surface area contributed by atoms with Gasteiger partial charge in [0.05, 0.1) is 13.2 Å². The standard InChI is InChI=1S/C26H28N2O2S2/c1-30-22-12-5-3-11-21(22)24-25-20(19-10-4-6-13-23(19)32-25)14-15-28(24)26(29)27-17-8-7-9-18(16-17)31-2/h3,5,7-9,11-12,16,24H,4,6,10,13-15H2,1-2H3,(H,27,29)/t24-/m0/s1. The molecule has 0 unspecified atom stereocenters. The molecular weight excluding hydrogens is 436 g/mol. The van der Waals surface area contributed by atoms with Gasteiger partial charge in [0, 0.05) is 32.4 Å². The van der Waals surface area contributed by atoms with Gasteiger partial charge in [0.25, 0.3) is 0 Å². The lowest BCUT2D eigenvalue weighted by Gasteiger charge is -2.37. The number of urea groups is 1. The molecule has 2 aliphatic rings. The minimum atomic E-state index is -0.130. The monoisotopic (exact) mass is 464 g/mol. The highest BCUT2D eigenvalue weighted by Crippen LogP contribution is 2.46. The maximum atomic E-state index is 13.6. The van der Waals surface area contributed by atoms with Gasteiger partial charge >= 0.3 is 6.03 Å². The summed E-state index contributed by atoms with van der Waals surface area (Å²) in [6, 6.07) is 16.0. The number of aryl methyl sites for hydroxylation is 1. The van der Waals surface area contributed by atoms with Crippen molar-refractivity contribution in [1.29, 1.82) is 0 Å². The maximum absolute atomic E-state index is 13.6. The van der Waals surface area contributed by atoms with Crippen LogP contribution in [0.2, 0.25) is 0 Å². The Morgan fingerprint density at radius 3 is 2.78 bits per heavy atom. The first-order chi connectivity index (χ1) is 15.7. The van der Waals surface area contributed by atoms with Crippen LogP contribution < -0.4 is 10.1 Å². The first-order valence-electron chi connectivity index (χ1n) is 11.2. The molecule has 32 heavy (non-hydrogen) atoms. The van der Waals surface area contributed by atoms with E-state index >= 15 is 0 Å². The highest BCUT2D eigenvalue weighted by atomic mass is 32.2. The third kappa shape index (κ3) is 3.90. The van der Waals surface area contributed by atoms with Crippen LogP contribution in [0.3, 0.4) is 0 Å². The van der Waals surface area contributed by atoms with Crippen LogP contribution in [-0.2, 0) is 19.3 Å². The molecule has 1 atom stereocenters. The molecule has 1 aromatic heterocycles. The summed E-state index contributed by atoms with van der Waals surface area (Å²) in [5, 5.41) is 3.15. The number of thioether (sulfide) groups is 1. The zero-order valence-electron chi connectivity index (χ0n) is 18.5. The van der Waals surface area contributed by atoms with Gasteiger partial charge in [-0.2, -0.15) is 0 Å². The van der Waals surface area contributed by atoms with Crippen molar-refractivity contribution in [2.75, 3.05) is 25.2 Å². The first-order valence-corrected chi connectivity index (χ1v) is 13.2. The number of para-hydroxylation sites is 1. The number of nitrogens with one attached hydrogen (secondary N) is 1. The van der Waals surface area contributed by atoms with Crippen LogP contribution >= 0.6 is 23.1 Å². The molecule has 166 valence electrons. The molecule has 0 bridgehead atoms. The molecule has 4 nitrogen and oxygen atoms in total. The summed E-state index contributed by atoms with van der Waals surface area (Å²) in [7, 11) is 1.71. The van der Waals surface area contributed by atoms with E-state index in [0.29, 0.717) is 6.54 Å². The molecule has 0 fully saturated rings. The summed E-state index contributed by atoms with van der Waals surface area (Å²) < 4.78 is 5.74. The van der Waals surface area contributed by atoms with Gasteiger partial charge in [-0.15, -0.1) is 23.1 Å². The Labute approximate surface area is 198 Å². The average Bonchev–Trinajstić information content (AvgIpc) is 3.22. The van der Waals surface area contributed by atoms with Gasteiger partial charge in [0.1, 0.15) is 5.75 Å². The number of hydrogen-bond donors (Lipinski definition) is 1. The summed E-state index contributed by atoms with van der Waals surface area (Å²) in [6.07, 6.45) is 7.84. The van der Waals surface area contributed by atoms with Crippen molar-refractivity contribution in [1.82, 2.24) is 4.90 Å². The lowest BCUT2D eigenvalue weighted by Crippen LogP contribution is -2.42. The molecule has 0 radical (unpaired) electrons. The van der Waals surface area contributed by atoms with Gasteiger partial charge in [0.2, 0.25) is 0 Å². The molecule has 3 aromatic rings. The van der Waals surface area contributed by atoms with E-state index < -0.39 is 0 Å². The number of benzene rings is 2. The summed E-state index contributed by atoms with van der Waals surface area (Å²) in [4.78, 5) is 19.5. The van der Waals surface area contributed by atoms with Gasteiger partial charge in [-0.25, -0.2) is 4.79 Å². The van der Waals surface area contributed by atoms with Crippen molar-refractivity contribution >= 4 is 34.8 Å². The number of fused-ring (bicyclic) bond motifs is 3. The van der Waals surface area contributed by atoms with E-state index in [2.05, 4.69) is 17.4 Å². The SMILES string of the molecule is COc1ccccc1[C@H]1c2sc3c(c2CCN1C(=O)Nc1cccc(SC)c1)CCCC3. The summed E-state index contributed by atoms with van der Waals surface area (Å²) in [5.74, 6) is 0.832. The Morgan fingerprint density at radius 2 is 1.94 bits per heavy atom. The molecule has 1 aliphatic heterocycles. The topological polar surface area (TPSA) is 41.6 Å². The fraction of sp³-hybridized carbons (Fsp3) is 0.346. The fourth-order valence-electron chi connectivity index (χ4n) is 4.97. The van der Waals surface area contributed by atoms with Crippen LogP contribution in [0.4, 0.5) is 10.5 Å². The van der Waals surface area contributed by atoms with E-state index in [1.807, 2.05) is 58.9 Å². The summed E-state index contributed by atoms with van der Waals surface area (Å²) in [5.41, 5.74) is 4.93. The second kappa shape index (κ2) is 9.20. The highest BCUT2D eigenvalue weighted by molar-refractivity contribution is 7.98. The van der Waals surface area contributed by atoms with Crippen LogP contribution in [0.25, 0.3) is 0 Å². The number of ether oxygens (including phenoxy) is 1. The van der Waals surface area contributed by atoms with Crippen LogP contribution in [0.5, 0.6) is 5.75 Å². The van der Waals surface area contributed by atoms with Crippen molar-refractivity contribution in [3.63, 3.8) is 0 Å². The minimum absolute atomic E-state index is 0.0591. The van der Waals surface area contributed by atoms with Gasteiger partial charge < -0.3 is 15.0 Å². The molecule has 2 heterocycles. The molecule has 6 heteroatoms. The molecule has 0 spiro atoms. The van der Waals surface area contributed by atoms with Crippen molar-refractivity contribution in [2.45, 2.75) is 43.0 Å². The van der Waals surface area contributed by atoms with Crippen LogP contribution in [0.15, 0.2) is 53.4 Å². The van der Waals surface area contributed by atoms with E-state index in [-0.39, 0.29) is 12.1 Å². The number of nitrogens with zero attached hydrogens (tertiary/aromatic N) is 1. The first kappa shape index (κ1) is 21.4. The van der Waals surface area contributed by atoms with Gasteiger partial charge in [-0.1, -0.05) is 24.3 Å². The maximum Gasteiger partial charge on any atom is 0.322 e. The number of hydrogen-bond acceptors (Lipinski definition) is 4. The van der Waals surface area contributed by atoms with Crippen molar-refractivity contribution in [2.24, 2.45) is 0 Å². The Kier molecular flexibility index (Phi) is 6.15. The molecule has 1 aliphatic carbocycles. The molecule has 1 N–H and O–H groups in total. The lowest BCUT2D eigenvalue weighted by molar-refractivity contribution is 0.194. The van der Waals surface area contributed by atoms with Crippen molar-refractivity contribution in [3.8, 4) is 5.75 Å². The summed E-state index contributed by atoms with van der Waals surface area (Å²) >= 11 is 3.59. The quantitative estimate of drug-likeness (QED) is 0.446. The molecule has 5 rings (SSSR count). The second-order valence-corrected chi connectivity index (χ2v) is 10.3. The third-order valence-electron chi connectivity index (χ3n) is 6.49. The van der Waals surface area contributed by atoms with E-state index in [1.165, 1.54) is 41.0 Å².